The summed E-state index contributed by atoms with van der Waals surface area (Å²) in [4.78, 5) is 2.33. The summed E-state index contributed by atoms with van der Waals surface area (Å²) in [5.74, 6) is 0.109. The minimum Gasteiger partial charge on any atom is -0.455 e. The van der Waals surface area contributed by atoms with Crippen LogP contribution in [-0.2, 0) is 5.60 Å². The molecule has 20 heavy (non-hydrogen) atoms. The Balaban J connectivity index is 1.89. The van der Waals surface area contributed by atoms with E-state index in [1.54, 1.807) is 18.2 Å². The molecule has 0 amide bonds. The van der Waals surface area contributed by atoms with Crippen LogP contribution in [0.25, 0.3) is 11.0 Å². The fraction of sp³-hybridized carbons (Fsp3) is 0.500. The average Bonchev–Trinajstić information content (AvgIpc) is 2.85. The lowest BCUT2D eigenvalue weighted by Crippen LogP contribution is -2.45. The van der Waals surface area contributed by atoms with E-state index >= 15 is 0 Å². The van der Waals surface area contributed by atoms with Gasteiger partial charge in [0.05, 0.1) is 0 Å². The van der Waals surface area contributed by atoms with Crippen molar-refractivity contribution in [1.29, 1.82) is 0 Å². The third-order valence-electron chi connectivity index (χ3n) is 4.31. The second-order valence-corrected chi connectivity index (χ2v) is 5.93. The fourth-order valence-corrected chi connectivity index (χ4v) is 2.91. The first-order valence-electron chi connectivity index (χ1n) is 7.14. The van der Waals surface area contributed by atoms with E-state index in [1.165, 1.54) is 6.07 Å². The van der Waals surface area contributed by atoms with Crippen molar-refractivity contribution in [2.75, 3.05) is 13.1 Å². The number of furan rings is 1. The lowest BCUT2D eigenvalue weighted by Gasteiger charge is -2.38. The van der Waals surface area contributed by atoms with E-state index < -0.39 is 5.60 Å². The van der Waals surface area contributed by atoms with Crippen LogP contribution in [-0.4, -0.2) is 29.1 Å². The van der Waals surface area contributed by atoms with Gasteiger partial charge in [0, 0.05) is 24.5 Å². The van der Waals surface area contributed by atoms with E-state index in [4.69, 9.17) is 4.42 Å². The third kappa shape index (κ3) is 2.23. The lowest BCUT2D eigenvalue weighted by atomic mass is 9.88. The summed E-state index contributed by atoms with van der Waals surface area (Å²) in [6.45, 7) is 5.96. The first-order valence-corrected chi connectivity index (χ1v) is 7.14. The number of likely N-dealkylation sites (tertiary alicyclic amines) is 1. The summed E-state index contributed by atoms with van der Waals surface area (Å²) >= 11 is 0. The molecule has 1 saturated heterocycles. The number of nitrogens with zero attached hydrogens (tertiary/aromatic N) is 1. The molecule has 1 fully saturated rings. The summed E-state index contributed by atoms with van der Waals surface area (Å²) in [5.41, 5.74) is -0.737. The van der Waals surface area contributed by atoms with Crippen molar-refractivity contribution in [3.63, 3.8) is 0 Å². The highest BCUT2D eigenvalue weighted by atomic mass is 19.1. The van der Waals surface area contributed by atoms with Crippen LogP contribution < -0.4 is 0 Å². The maximum atomic E-state index is 13.7. The number of hydrogen-bond acceptors (Lipinski definition) is 3. The number of para-hydroxylation sites is 1. The average molecular weight is 277 g/mol. The van der Waals surface area contributed by atoms with Gasteiger partial charge in [0.25, 0.3) is 0 Å². The van der Waals surface area contributed by atoms with Gasteiger partial charge in [-0.05, 0) is 38.8 Å². The molecule has 3 nitrogen and oxygen atoms in total. The lowest BCUT2D eigenvalue weighted by molar-refractivity contribution is -0.0467. The van der Waals surface area contributed by atoms with Crippen LogP contribution in [0.15, 0.2) is 28.7 Å². The minimum atomic E-state index is -0.975. The monoisotopic (exact) mass is 277 g/mol. The van der Waals surface area contributed by atoms with Crippen molar-refractivity contribution in [2.24, 2.45) is 0 Å². The van der Waals surface area contributed by atoms with Crippen LogP contribution in [0.5, 0.6) is 0 Å². The maximum absolute atomic E-state index is 13.7. The second-order valence-electron chi connectivity index (χ2n) is 5.93. The molecule has 2 heterocycles. The standard InChI is InChI=1S/C16H20FNO2/c1-11(2)18-8-6-16(19,7-9-18)14-10-12-4-3-5-13(17)15(12)20-14/h3-5,10-11,19H,6-9H2,1-2H3. The molecular weight excluding hydrogens is 257 g/mol. The maximum Gasteiger partial charge on any atom is 0.170 e. The van der Waals surface area contributed by atoms with Gasteiger partial charge in [-0.25, -0.2) is 4.39 Å². The molecule has 1 N–H and O–H groups in total. The second kappa shape index (κ2) is 4.86. The van der Waals surface area contributed by atoms with Crippen molar-refractivity contribution in [3.05, 3.63) is 35.8 Å². The number of rotatable bonds is 2. The number of halogens is 1. The van der Waals surface area contributed by atoms with Crippen LogP contribution in [0.1, 0.15) is 32.4 Å². The van der Waals surface area contributed by atoms with Crippen LogP contribution in [0, 0.1) is 5.82 Å². The number of hydrogen-bond donors (Lipinski definition) is 1. The van der Waals surface area contributed by atoms with E-state index in [0.717, 1.165) is 13.1 Å². The minimum absolute atomic E-state index is 0.238. The first-order chi connectivity index (χ1) is 9.49. The number of benzene rings is 1. The van der Waals surface area contributed by atoms with Crippen LogP contribution in [0.2, 0.25) is 0 Å². The Bertz CT molecular complexity index is 612. The topological polar surface area (TPSA) is 36.6 Å². The van der Waals surface area contributed by atoms with Gasteiger partial charge in [0.1, 0.15) is 11.4 Å². The van der Waals surface area contributed by atoms with Gasteiger partial charge < -0.3 is 14.4 Å². The smallest absolute Gasteiger partial charge is 0.170 e. The van der Waals surface area contributed by atoms with Crippen molar-refractivity contribution in [2.45, 2.75) is 38.3 Å². The molecule has 0 saturated carbocycles. The zero-order chi connectivity index (χ0) is 14.3. The molecule has 2 aromatic rings. The van der Waals surface area contributed by atoms with E-state index in [9.17, 15) is 9.50 Å². The van der Waals surface area contributed by atoms with Crippen molar-refractivity contribution in [3.8, 4) is 0 Å². The molecule has 0 bridgehead atoms. The molecule has 0 unspecified atom stereocenters. The zero-order valence-corrected chi connectivity index (χ0v) is 11.9. The Morgan fingerprint density at radius 2 is 2.00 bits per heavy atom. The summed E-state index contributed by atoms with van der Waals surface area (Å²) < 4.78 is 19.3. The molecule has 1 aliphatic rings. The quantitative estimate of drug-likeness (QED) is 0.915. The van der Waals surface area contributed by atoms with Gasteiger partial charge in [0.15, 0.2) is 11.4 Å². The SMILES string of the molecule is CC(C)N1CCC(O)(c2cc3cccc(F)c3o2)CC1. The van der Waals surface area contributed by atoms with Crippen LogP contribution in [0.4, 0.5) is 4.39 Å². The molecule has 3 rings (SSSR count). The Kier molecular flexibility index (Phi) is 3.30. The Morgan fingerprint density at radius 1 is 1.30 bits per heavy atom. The van der Waals surface area contributed by atoms with E-state index in [1.807, 2.05) is 0 Å². The van der Waals surface area contributed by atoms with E-state index in [-0.39, 0.29) is 11.4 Å². The molecule has 0 radical (unpaired) electrons. The first kappa shape index (κ1) is 13.6. The number of piperidine rings is 1. The summed E-state index contributed by atoms with van der Waals surface area (Å²) in [7, 11) is 0. The normalized spacial score (nSPS) is 19.9. The van der Waals surface area contributed by atoms with Crippen molar-refractivity contribution >= 4 is 11.0 Å². The molecule has 0 aliphatic carbocycles. The summed E-state index contributed by atoms with van der Waals surface area (Å²) in [6.07, 6.45) is 1.24. The highest BCUT2D eigenvalue weighted by molar-refractivity contribution is 5.78. The van der Waals surface area contributed by atoms with E-state index in [0.29, 0.717) is 30.0 Å². The number of aliphatic hydroxyl groups is 1. The molecule has 0 spiro atoms. The van der Waals surface area contributed by atoms with Gasteiger partial charge in [0.2, 0.25) is 0 Å². The molecule has 1 aliphatic heterocycles. The van der Waals surface area contributed by atoms with Gasteiger partial charge in [-0.2, -0.15) is 0 Å². The molecule has 108 valence electrons. The van der Waals surface area contributed by atoms with E-state index in [2.05, 4.69) is 18.7 Å². The van der Waals surface area contributed by atoms with Gasteiger partial charge in [-0.15, -0.1) is 0 Å². The molecule has 1 aromatic carbocycles. The highest BCUT2D eigenvalue weighted by Crippen LogP contribution is 2.37. The molecular formula is C16H20FNO2. The summed E-state index contributed by atoms with van der Waals surface area (Å²) in [5, 5.41) is 11.5. The van der Waals surface area contributed by atoms with Crippen molar-refractivity contribution < 1.29 is 13.9 Å². The third-order valence-corrected chi connectivity index (χ3v) is 4.31. The predicted octanol–water partition coefficient (Wildman–Crippen LogP) is 3.26. The Labute approximate surface area is 118 Å². The fourth-order valence-electron chi connectivity index (χ4n) is 2.91. The zero-order valence-electron chi connectivity index (χ0n) is 11.9. The Hall–Kier alpha value is -1.39. The molecule has 4 heteroatoms. The van der Waals surface area contributed by atoms with Crippen LogP contribution >= 0.6 is 0 Å². The summed E-state index contributed by atoms with van der Waals surface area (Å²) in [6, 6.07) is 7.08. The number of fused-ring (bicyclic) bond motifs is 1. The Morgan fingerprint density at radius 3 is 2.60 bits per heavy atom. The molecule has 0 atom stereocenters. The van der Waals surface area contributed by atoms with Crippen molar-refractivity contribution in [1.82, 2.24) is 4.90 Å². The molecule has 1 aromatic heterocycles. The van der Waals surface area contributed by atoms with Gasteiger partial charge in [-0.3, -0.25) is 0 Å². The predicted molar refractivity (Wildman–Crippen MR) is 76.0 cm³/mol. The highest BCUT2D eigenvalue weighted by Gasteiger charge is 2.37. The van der Waals surface area contributed by atoms with Gasteiger partial charge in [-0.1, -0.05) is 12.1 Å². The van der Waals surface area contributed by atoms with Gasteiger partial charge >= 0.3 is 0 Å². The van der Waals surface area contributed by atoms with Crippen LogP contribution in [0.3, 0.4) is 0 Å². The largest absolute Gasteiger partial charge is 0.455 e.